The first-order valence-corrected chi connectivity index (χ1v) is 5.65. The maximum absolute atomic E-state index is 11.8. The zero-order valence-electron chi connectivity index (χ0n) is 9.57. The smallest absolute Gasteiger partial charge is 0.327 e. The Bertz CT molecular complexity index is 426. The molecule has 1 rings (SSSR count). The van der Waals surface area contributed by atoms with E-state index >= 15 is 0 Å². The lowest BCUT2D eigenvalue weighted by atomic mass is 10.1. The summed E-state index contributed by atoms with van der Waals surface area (Å²) in [7, 11) is 0. The van der Waals surface area contributed by atoms with E-state index in [2.05, 4.69) is 11.2 Å². The van der Waals surface area contributed by atoms with Crippen molar-refractivity contribution in [2.24, 2.45) is 0 Å². The molecule has 0 fully saturated rings. The highest BCUT2D eigenvalue weighted by Crippen LogP contribution is 2.18. The largest absolute Gasteiger partial charge is 0.465 e. The fraction of sp³-hybridized carbons (Fsp3) is 0.308. The molecule has 1 atom stereocenters. The normalized spacial score (nSPS) is 11.6. The molecule has 3 nitrogen and oxygen atoms in total. The van der Waals surface area contributed by atoms with Crippen LogP contribution >= 0.6 is 11.6 Å². The van der Waals surface area contributed by atoms with E-state index < -0.39 is 6.04 Å². The molecule has 0 bridgehead atoms. The second kappa shape index (κ2) is 6.95. The highest BCUT2D eigenvalue weighted by Gasteiger charge is 2.20. The summed E-state index contributed by atoms with van der Waals surface area (Å²) in [6.07, 6.45) is 5.17. The van der Waals surface area contributed by atoms with Gasteiger partial charge in [-0.2, -0.15) is 0 Å². The van der Waals surface area contributed by atoms with Crippen LogP contribution < -0.4 is 5.32 Å². The van der Waals surface area contributed by atoms with E-state index in [0.717, 1.165) is 5.56 Å². The van der Waals surface area contributed by atoms with Gasteiger partial charge >= 0.3 is 5.97 Å². The van der Waals surface area contributed by atoms with Gasteiger partial charge in [-0.15, -0.1) is 6.42 Å². The van der Waals surface area contributed by atoms with Crippen LogP contribution in [0.5, 0.6) is 0 Å². The minimum Gasteiger partial charge on any atom is -0.465 e. The summed E-state index contributed by atoms with van der Waals surface area (Å²) in [5, 5.41) is 3.50. The standard InChI is InChI=1S/C13H14ClNO2/c1-3-8-15-12(13(16)17-4-2)10-6-5-7-11(14)9-10/h1,5-7,9,12,15H,4,8H2,2H3. The van der Waals surface area contributed by atoms with E-state index in [4.69, 9.17) is 22.8 Å². The van der Waals surface area contributed by atoms with E-state index in [-0.39, 0.29) is 12.5 Å². The Labute approximate surface area is 106 Å². The minimum atomic E-state index is -0.579. The summed E-state index contributed by atoms with van der Waals surface area (Å²) in [6, 6.07) is 6.46. The van der Waals surface area contributed by atoms with Crippen molar-refractivity contribution in [3.8, 4) is 12.3 Å². The van der Waals surface area contributed by atoms with Gasteiger partial charge < -0.3 is 4.74 Å². The minimum absolute atomic E-state index is 0.288. The number of rotatable bonds is 5. The van der Waals surface area contributed by atoms with E-state index in [1.165, 1.54) is 0 Å². The summed E-state index contributed by atoms with van der Waals surface area (Å²) < 4.78 is 4.98. The Morgan fingerprint density at radius 1 is 1.65 bits per heavy atom. The first-order valence-electron chi connectivity index (χ1n) is 5.28. The molecule has 0 saturated heterocycles. The zero-order chi connectivity index (χ0) is 12.7. The Morgan fingerprint density at radius 3 is 3.00 bits per heavy atom. The van der Waals surface area contributed by atoms with Gasteiger partial charge in [-0.3, -0.25) is 5.32 Å². The van der Waals surface area contributed by atoms with Gasteiger partial charge in [-0.05, 0) is 24.6 Å². The molecule has 0 saturated carbocycles. The molecule has 0 spiro atoms. The van der Waals surface area contributed by atoms with Crippen molar-refractivity contribution in [2.45, 2.75) is 13.0 Å². The van der Waals surface area contributed by atoms with Crippen LogP contribution in [0.2, 0.25) is 5.02 Å². The molecule has 1 N–H and O–H groups in total. The molecule has 0 aliphatic heterocycles. The molecule has 0 amide bonds. The van der Waals surface area contributed by atoms with Crippen LogP contribution in [-0.4, -0.2) is 19.1 Å². The summed E-state index contributed by atoms with van der Waals surface area (Å²) >= 11 is 5.88. The number of nitrogens with one attached hydrogen (secondary N) is 1. The fourth-order valence-electron chi connectivity index (χ4n) is 1.41. The van der Waals surface area contributed by atoms with Crippen LogP contribution in [0, 0.1) is 12.3 Å². The second-order valence-electron chi connectivity index (χ2n) is 3.33. The lowest BCUT2D eigenvalue weighted by Gasteiger charge is -2.16. The fourth-order valence-corrected chi connectivity index (χ4v) is 1.61. The molecule has 17 heavy (non-hydrogen) atoms. The van der Waals surface area contributed by atoms with Crippen molar-refractivity contribution in [3.63, 3.8) is 0 Å². The van der Waals surface area contributed by atoms with Crippen molar-refractivity contribution >= 4 is 17.6 Å². The molecule has 1 aromatic carbocycles. The lowest BCUT2D eigenvalue weighted by Crippen LogP contribution is -2.30. The summed E-state index contributed by atoms with van der Waals surface area (Å²) in [5.74, 6) is 2.07. The third-order valence-corrected chi connectivity index (χ3v) is 2.35. The zero-order valence-corrected chi connectivity index (χ0v) is 10.3. The van der Waals surface area contributed by atoms with Gasteiger partial charge in [0, 0.05) is 5.02 Å². The van der Waals surface area contributed by atoms with Crippen molar-refractivity contribution in [1.82, 2.24) is 5.32 Å². The molecule has 1 aromatic rings. The van der Waals surface area contributed by atoms with Crippen LogP contribution in [0.25, 0.3) is 0 Å². The summed E-state index contributed by atoms with van der Waals surface area (Å²) in [5.41, 5.74) is 0.742. The molecular formula is C13H14ClNO2. The first-order chi connectivity index (χ1) is 8.19. The first kappa shape index (κ1) is 13.6. The molecule has 1 unspecified atom stereocenters. The van der Waals surface area contributed by atoms with Crippen LogP contribution in [-0.2, 0) is 9.53 Å². The van der Waals surface area contributed by atoms with Crippen LogP contribution in [0.4, 0.5) is 0 Å². The molecule has 0 heterocycles. The molecule has 0 aliphatic carbocycles. The van der Waals surface area contributed by atoms with Gasteiger partial charge in [0.05, 0.1) is 13.2 Å². The maximum Gasteiger partial charge on any atom is 0.327 e. The van der Waals surface area contributed by atoms with Crippen LogP contribution in [0.15, 0.2) is 24.3 Å². The van der Waals surface area contributed by atoms with Gasteiger partial charge in [0.25, 0.3) is 0 Å². The predicted molar refractivity (Wildman–Crippen MR) is 67.7 cm³/mol. The highest BCUT2D eigenvalue weighted by molar-refractivity contribution is 6.30. The van der Waals surface area contributed by atoms with Gasteiger partial charge in [0.2, 0.25) is 0 Å². The third-order valence-electron chi connectivity index (χ3n) is 2.11. The maximum atomic E-state index is 11.8. The molecule has 4 heteroatoms. The number of halogens is 1. The monoisotopic (exact) mass is 251 g/mol. The van der Waals surface area contributed by atoms with Crippen molar-refractivity contribution < 1.29 is 9.53 Å². The number of terminal acetylenes is 1. The highest BCUT2D eigenvalue weighted by atomic mass is 35.5. The summed E-state index contributed by atoms with van der Waals surface area (Å²) in [4.78, 5) is 11.8. The SMILES string of the molecule is C#CCNC(C(=O)OCC)c1cccc(Cl)c1. The average Bonchev–Trinajstić information content (AvgIpc) is 2.30. The number of carbonyl (C=O) groups excluding carboxylic acids is 1. The molecule has 0 aromatic heterocycles. The van der Waals surface area contributed by atoms with Gasteiger partial charge in [0.15, 0.2) is 0 Å². The Kier molecular flexibility index (Phi) is 5.55. The number of esters is 1. The number of hydrogen-bond donors (Lipinski definition) is 1. The topological polar surface area (TPSA) is 38.3 Å². The third kappa shape index (κ3) is 4.10. The Balaban J connectivity index is 2.89. The van der Waals surface area contributed by atoms with E-state index in [1.807, 2.05) is 0 Å². The Morgan fingerprint density at radius 2 is 2.41 bits per heavy atom. The molecule has 0 aliphatic rings. The Hall–Kier alpha value is -1.50. The predicted octanol–water partition coefficient (Wildman–Crippen LogP) is 2.17. The number of benzene rings is 1. The lowest BCUT2D eigenvalue weighted by molar-refractivity contribution is -0.145. The number of carbonyl (C=O) groups is 1. The van der Waals surface area contributed by atoms with Crippen LogP contribution in [0.3, 0.4) is 0 Å². The van der Waals surface area contributed by atoms with E-state index in [1.54, 1.807) is 31.2 Å². The molecular weight excluding hydrogens is 238 g/mol. The quantitative estimate of drug-likeness (QED) is 0.644. The van der Waals surface area contributed by atoms with Crippen molar-refractivity contribution in [1.29, 1.82) is 0 Å². The van der Waals surface area contributed by atoms with Crippen molar-refractivity contribution in [2.75, 3.05) is 13.2 Å². The van der Waals surface area contributed by atoms with Gasteiger partial charge in [-0.1, -0.05) is 29.7 Å². The van der Waals surface area contributed by atoms with E-state index in [9.17, 15) is 4.79 Å². The number of hydrogen-bond acceptors (Lipinski definition) is 3. The van der Waals surface area contributed by atoms with Crippen LogP contribution in [0.1, 0.15) is 18.5 Å². The van der Waals surface area contributed by atoms with Gasteiger partial charge in [0.1, 0.15) is 6.04 Å². The molecule has 90 valence electrons. The van der Waals surface area contributed by atoms with E-state index in [0.29, 0.717) is 11.6 Å². The van der Waals surface area contributed by atoms with Crippen molar-refractivity contribution in [3.05, 3.63) is 34.9 Å². The van der Waals surface area contributed by atoms with Gasteiger partial charge in [-0.25, -0.2) is 4.79 Å². The summed E-state index contributed by atoms with van der Waals surface area (Å²) in [6.45, 7) is 2.37. The second-order valence-corrected chi connectivity index (χ2v) is 3.76. The molecule has 0 radical (unpaired) electrons. The average molecular weight is 252 g/mol. The number of ether oxygens (including phenoxy) is 1.